The summed E-state index contributed by atoms with van der Waals surface area (Å²) in [4.78, 5) is 23.3. The number of hydrogen-bond donors (Lipinski definition) is 3. The van der Waals surface area contributed by atoms with Gasteiger partial charge in [0.05, 0.1) is 39.9 Å². The molecule has 3 atom stereocenters. The molecule has 3 unspecified atom stereocenters. The second-order valence-electron chi connectivity index (χ2n) is 24.5. The highest BCUT2D eigenvalue weighted by molar-refractivity contribution is 7.47. The highest BCUT2D eigenvalue weighted by Gasteiger charge is 2.28. The number of allylic oxidation sites excluding steroid dienone is 5. The van der Waals surface area contributed by atoms with E-state index < -0.39 is 20.0 Å². The van der Waals surface area contributed by atoms with Crippen LogP contribution in [-0.2, 0) is 18.4 Å². The zero-order valence-electron chi connectivity index (χ0n) is 52.2. The van der Waals surface area contributed by atoms with E-state index in [4.69, 9.17) is 9.05 Å². The number of aliphatic hydroxyl groups is 1. The van der Waals surface area contributed by atoms with Gasteiger partial charge in [0.25, 0.3) is 0 Å². The Morgan fingerprint density at radius 2 is 0.714 bits per heavy atom. The molecule has 0 bridgehead atoms. The van der Waals surface area contributed by atoms with Gasteiger partial charge in [0, 0.05) is 6.42 Å². The molecule has 9 heteroatoms. The highest BCUT2D eigenvalue weighted by atomic mass is 31.2. The topological polar surface area (TPSA) is 105 Å². The molecule has 77 heavy (non-hydrogen) atoms. The SMILES string of the molecule is CCCCCCCCCC/C=C\CCCCCCCCCCCCCCCCCCCCCCCCCCCCCCCC(=O)NC(COP(=O)(O)OCC[N+](C)(C)C)C(O)/C=C/CC/C=C/CCCCCCCCCC. The van der Waals surface area contributed by atoms with Crippen molar-refractivity contribution in [1.29, 1.82) is 0 Å². The molecule has 0 saturated heterocycles. The number of quaternary nitrogens is 1. The van der Waals surface area contributed by atoms with Gasteiger partial charge in [-0.25, -0.2) is 4.57 Å². The molecule has 0 radical (unpaired) electrons. The van der Waals surface area contributed by atoms with E-state index >= 15 is 0 Å². The molecule has 0 aromatic carbocycles. The number of nitrogens with zero attached hydrogens (tertiary/aromatic N) is 1. The summed E-state index contributed by atoms with van der Waals surface area (Å²) in [6.45, 7) is 4.82. The molecule has 0 heterocycles. The van der Waals surface area contributed by atoms with Crippen LogP contribution in [0.5, 0.6) is 0 Å². The van der Waals surface area contributed by atoms with Crippen LogP contribution in [0.2, 0.25) is 0 Å². The number of likely N-dealkylation sites (N-methyl/N-ethyl adjacent to an activating group) is 1. The zero-order chi connectivity index (χ0) is 56.3. The van der Waals surface area contributed by atoms with E-state index in [1.54, 1.807) is 6.08 Å². The van der Waals surface area contributed by atoms with Crippen LogP contribution in [0.15, 0.2) is 36.5 Å². The predicted molar refractivity (Wildman–Crippen MR) is 337 cm³/mol. The maximum Gasteiger partial charge on any atom is 0.472 e. The number of phosphoric ester groups is 1. The van der Waals surface area contributed by atoms with Gasteiger partial charge in [-0.2, -0.15) is 0 Å². The van der Waals surface area contributed by atoms with E-state index in [1.807, 2.05) is 27.2 Å². The van der Waals surface area contributed by atoms with E-state index in [0.717, 1.165) is 38.5 Å². The van der Waals surface area contributed by atoms with Crippen LogP contribution in [0.1, 0.15) is 341 Å². The number of nitrogens with one attached hydrogen (secondary N) is 1. The van der Waals surface area contributed by atoms with E-state index in [2.05, 4.69) is 43.5 Å². The molecular weight excluding hydrogens is 972 g/mol. The van der Waals surface area contributed by atoms with Crippen LogP contribution in [0, 0.1) is 0 Å². The largest absolute Gasteiger partial charge is 0.472 e. The maximum atomic E-state index is 13.0. The van der Waals surface area contributed by atoms with Gasteiger partial charge >= 0.3 is 7.82 Å². The Labute approximate surface area is 480 Å². The summed E-state index contributed by atoms with van der Waals surface area (Å²) in [7, 11) is 1.57. The Balaban J connectivity index is 3.84. The monoisotopic (exact) mass is 1110 g/mol. The van der Waals surface area contributed by atoms with Gasteiger partial charge in [0.15, 0.2) is 0 Å². The van der Waals surface area contributed by atoms with Crippen LogP contribution in [0.25, 0.3) is 0 Å². The summed E-state index contributed by atoms with van der Waals surface area (Å²) in [5.74, 6) is -0.181. The van der Waals surface area contributed by atoms with Gasteiger partial charge in [-0.3, -0.25) is 13.8 Å². The molecule has 0 saturated carbocycles. The molecule has 0 fully saturated rings. The molecule has 1 amide bonds. The Kier molecular flexibility index (Phi) is 58.4. The Morgan fingerprint density at radius 1 is 0.429 bits per heavy atom. The van der Waals surface area contributed by atoms with Crippen molar-refractivity contribution >= 4 is 13.7 Å². The summed E-state index contributed by atoms with van der Waals surface area (Å²) in [6, 6.07) is -0.861. The van der Waals surface area contributed by atoms with Gasteiger partial charge in [-0.05, 0) is 57.8 Å². The van der Waals surface area contributed by atoms with Crippen molar-refractivity contribution in [2.24, 2.45) is 0 Å². The molecule has 456 valence electrons. The van der Waals surface area contributed by atoms with Crippen molar-refractivity contribution in [1.82, 2.24) is 5.32 Å². The maximum absolute atomic E-state index is 13.0. The average Bonchev–Trinajstić information content (AvgIpc) is 3.39. The Hall–Kier alpha value is -1.28. The van der Waals surface area contributed by atoms with Gasteiger partial charge < -0.3 is 19.8 Å². The number of amides is 1. The molecule has 0 aliphatic rings. The standard InChI is InChI=1S/C68H133N2O6P/c1-6-8-10-12-14-16-18-20-22-23-24-25-26-27-28-29-30-31-32-33-34-35-36-37-38-39-40-41-42-43-44-45-46-47-48-50-52-54-56-58-60-62-68(72)69-66(65-76-77(73,74)75-64-63-70(3,4)5)67(71)61-59-57-55-53-51-49-21-19-17-15-13-11-9-7-2/h23-24,51,53,59,61,66-67,71H,6-22,25-50,52,54-58,60,62-65H2,1-5H3,(H-,69,72,73,74)/p+1/b24-23-,53-51+,61-59+. The molecule has 0 aromatic heterocycles. The summed E-state index contributed by atoms with van der Waals surface area (Å²) < 4.78 is 23.7. The Bertz CT molecular complexity index is 1350. The fourth-order valence-corrected chi connectivity index (χ4v) is 11.0. The number of aliphatic hydroxyl groups excluding tert-OH is 1. The molecular formula is C68H134N2O6P+. The number of rotatable bonds is 63. The van der Waals surface area contributed by atoms with Crippen LogP contribution >= 0.6 is 7.82 Å². The predicted octanol–water partition coefficient (Wildman–Crippen LogP) is 21.3. The summed E-state index contributed by atoms with van der Waals surface area (Å²) in [5.41, 5.74) is 0. The van der Waals surface area contributed by atoms with Crippen molar-refractivity contribution in [3.8, 4) is 0 Å². The van der Waals surface area contributed by atoms with E-state index in [9.17, 15) is 19.4 Å². The number of hydrogen-bond acceptors (Lipinski definition) is 5. The van der Waals surface area contributed by atoms with Crippen LogP contribution in [0.3, 0.4) is 0 Å². The molecule has 0 rings (SSSR count). The van der Waals surface area contributed by atoms with Gasteiger partial charge in [-0.15, -0.1) is 0 Å². The van der Waals surface area contributed by atoms with Gasteiger partial charge in [-0.1, -0.05) is 314 Å². The first kappa shape index (κ1) is 75.7. The number of unbranched alkanes of at least 4 members (excludes halogenated alkanes) is 46. The molecule has 0 aliphatic heterocycles. The lowest BCUT2D eigenvalue weighted by Gasteiger charge is -2.25. The first-order valence-corrected chi connectivity index (χ1v) is 35.4. The number of carbonyl (C=O) groups is 1. The third-order valence-electron chi connectivity index (χ3n) is 15.6. The smallest absolute Gasteiger partial charge is 0.387 e. The third-order valence-corrected chi connectivity index (χ3v) is 16.6. The first-order chi connectivity index (χ1) is 37.5. The lowest BCUT2D eigenvalue weighted by Crippen LogP contribution is -2.45. The summed E-state index contributed by atoms with van der Waals surface area (Å²) in [6.07, 6.45) is 78.9. The summed E-state index contributed by atoms with van der Waals surface area (Å²) in [5, 5.41) is 13.9. The third kappa shape index (κ3) is 62.2. The van der Waals surface area contributed by atoms with E-state index in [0.29, 0.717) is 17.4 Å². The number of phosphoric acid groups is 1. The van der Waals surface area contributed by atoms with Crippen molar-refractivity contribution in [3.05, 3.63) is 36.5 Å². The highest BCUT2D eigenvalue weighted by Crippen LogP contribution is 2.43. The van der Waals surface area contributed by atoms with Crippen molar-refractivity contribution in [3.63, 3.8) is 0 Å². The molecule has 0 aliphatic carbocycles. The van der Waals surface area contributed by atoms with Crippen LogP contribution in [-0.4, -0.2) is 73.4 Å². The molecule has 0 spiro atoms. The molecule has 3 N–H and O–H groups in total. The average molecular weight is 1110 g/mol. The van der Waals surface area contributed by atoms with Gasteiger partial charge in [0.2, 0.25) is 5.91 Å². The first-order valence-electron chi connectivity index (χ1n) is 33.9. The minimum absolute atomic E-state index is 0.0581. The van der Waals surface area contributed by atoms with E-state index in [1.165, 1.54) is 283 Å². The fourth-order valence-electron chi connectivity index (χ4n) is 10.3. The normalized spacial score (nSPS) is 13.9. The minimum atomic E-state index is -4.35. The minimum Gasteiger partial charge on any atom is -0.387 e. The van der Waals surface area contributed by atoms with Crippen molar-refractivity contribution in [2.45, 2.75) is 353 Å². The van der Waals surface area contributed by atoms with Crippen molar-refractivity contribution in [2.75, 3.05) is 40.9 Å². The number of carbonyl (C=O) groups excluding carboxylic acids is 1. The fraction of sp³-hybridized carbons (Fsp3) is 0.897. The summed E-state index contributed by atoms with van der Waals surface area (Å²) >= 11 is 0. The second kappa shape index (κ2) is 59.3. The Morgan fingerprint density at radius 3 is 1.04 bits per heavy atom. The quantitative estimate of drug-likeness (QED) is 0.0243. The lowest BCUT2D eigenvalue weighted by atomic mass is 10.0. The van der Waals surface area contributed by atoms with Crippen LogP contribution < -0.4 is 5.32 Å². The van der Waals surface area contributed by atoms with Crippen molar-refractivity contribution < 1.29 is 32.9 Å². The molecule has 8 nitrogen and oxygen atoms in total. The van der Waals surface area contributed by atoms with Crippen LogP contribution in [0.4, 0.5) is 0 Å². The van der Waals surface area contributed by atoms with E-state index in [-0.39, 0.29) is 19.1 Å². The molecule has 0 aromatic rings. The zero-order valence-corrected chi connectivity index (χ0v) is 53.1. The lowest BCUT2D eigenvalue weighted by molar-refractivity contribution is -0.870. The van der Waals surface area contributed by atoms with Gasteiger partial charge in [0.1, 0.15) is 13.2 Å². The second-order valence-corrected chi connectivity index (χ2v) is 26.0.